The topological polar surface area (TPSA) is 104 Å². The first-order valence-electron chi connectivity index (χ1n) is 8.78. The number of fused-ring (bicyclic) bond motifs is 1. The van der Waals surface area contributed by atoms with Crippen molar-refractivity contribution in [1.29, 1.82) is 0 Å². The third kappa shape index (κ3) is 3.83. The largest absolute Gasteiger partial charge is 0.391 e. The summed E-state index contributed by atoms with van der Waals surface area (Å²) in [5, 5.41) is 13.5. The smallest absolute Gasteiger partial charge is 0.268 e. The van der Waals surface area contributed by atoms with Gasteiger partial charge in [-0.1, -0.05) is 23.9 Å². The molecular weight excluding hydrogens is 388 g/mol. The van der Waals surface area contributed by atoms with Crippen molar-refractivity contribution in [3.63, 3.8) is 0 Å². The molecule has 0 radical (unpaired) electrons. The standard InChI is InChI=1S/C18H17F2N5O2S/c19-10-4-1-3-9(14(10)20)8-28-18-24-16(22-11-5-2-6-12(11)26)15-17(25-18)23-13(27)7-21-15/h1,3-4,7,11-12,26H,2,5-6,8H2,(H2,22,23,24,25,27)/t11-,12-/m1/s1. The maximum Gasteiger partial charge on any atom is 0.268 e. The van der Waals surface area contributed by atoms with Crippen molar-refractivity contribution < 1.29 is 13.9 Å². The second-order valence-corrected chi connectivity index (χ2v) is 7.49. The third-order valence-corrected chi connectivity index (χ3v) is 5.50. The van der Waals surface area contributed by atoms with Gasteiger partial charge in [0.15, 0.2) is 28.3 Å². The van der Waals surface area contributed by atoms with E-state index in [9.17, 15) is 18.7 Å². The Labute approximate surface area is 162 Å². The van der Waals surface area contributed by atoms with Crippen LogP contribution in [0.1, 0.15) is 24.8 Å². The molecule has 28 heavy (non-hydrogen) atoms. The van der Waals surface area contributed by atoms with Crippen LogP contribution in [0.15, 0.2) is 34.3 Å². The van der Waals surface area contributed by atoms with Gasteiger partial charge in [-0.05, 0) is 25.3 Å². The Morgan fingerprint density at radius 3 is 2.93 bits per heavy atom. The number of aliphatic hydroxyl groups is 1. The van der Waals surface area contributed by atoms with E-state index in [4.69, 9.17) is 0 Å². The van der Waals surface area contributed by atoms with Gasteiger partial charge < -0.3 is 15.4 Å². The zero-order valence-electron chi connectivity index (χ0n) is 14.7. The fraction of sp³-hybridized carbons (Fsp3) is 0.333. The fourth-order valence-electron chi connectivity index (χ4n) is 3.17. The number of aliphatic hydroxyl groups excluding tert-OH is 1. The molecule has 1 aliphatic carbocycles. The Morgan fingerprint density at radius 2 is 2.14 bits per heavy atom. The number of hydrogen-bond donors (Lipinski definition) is 3. The lowest BCUT2D eigenvalue weighted by molar-refractivity contribution is 0.171. The highest BCUT2D eigenvalue weighted by Crippen LogP contribution is 2.28. The van der Waals surface area contributed by atoms with Gasteiger partial charge in [-0.15, -0.1) is 0 Å². The molecule has 1 aromatic carbocycles. The SMILES string of the molecule is O=c1cnc2c(N[C@@H]3CCC[C@H]3O)nc(SCc3cccc(F)c3F)nc2[nH]1. The molecule has 0 aliphatic heterocycles. The number of halogens is 2. The van der Waals surface area contributed by atoms with E-state index < -0.39 is 23.3 Å². The van der Waals surface area contributed by atoms with E-state index in [0.717, 1.165) is 36.9 Å². The Balaban J connectivity index is 1.66. The van der Waals surface area contributed by atoms with E-state index in [-0.39, 0.29) is 28.2 Å². The second kappa shape index (κ2) is 7.80. The third-order valence-electron chi connectivity index (χ3n) is 4.61. The molecule has 3 N–H and O–H groups in total. The Hall–Kier alpha value is -2.59. The lowest BCUT2D eigenvalue weighted by Gasteiger charge is -2.18. The van der Waals surface area contributed by atoms with Gasteiger partial charge in [-0.3, -0.25) is 4.79 Å². The molecule has 2 atom stereocenters. The molecule has 1 aliphatic rings. The highest BCUT2D eigenvalue weighted by Gasteiger charge is 2.26. The average Bonchev–Trinajstić information content (AvgIpc) is 3.07. The number of aromatic amines is 1. The van der Waals surface area contributed by atoms with Gasteiger partial charge in [0.05, 0.1) is 18.3 Å². The van der Waals surface area contributed by atoms with E-state index in [1.54, 1.807) is 0 Å². The van der Waals surface area contributed by atoms with Gasteiger partial charge in [-0.2, -0.15) is 0 Å². The molecule has 0 saturated heterocycles. The summed E-state index contributed by atoms with van der Waals surface area (Å²) in [6.07, 6.45) is 3.02. The predicted octanol–water partition coefficient (Wildman–Crippen LogP) is 2.61. The number of nitrogens with zero attached hydrogens (tertiary/aromatic N) is 3. The van der Waals surface area contributed by atoms with E-state index >= 15 is 0 Å². The number of aromatic nitrogens is 4. The maximum absolute atomic E-state index is 13.9. The molecule has 146 valence electrons. The first kappa shape index (κ1) is 18.8. The van der Waals surface area contributed by atoms with Crippen molar-refractivity contribution in [2.24, 2.45) is 0 Å². The minimum atomic E-state index is -0.913. The summed E-state index contributed by atoms with van der Waals surface area (Å²) in [5.41, 5.74) is 0.388. The van der Waals surface area contributed by atoms with Crippen LogP contribution < -0.4 is 10.9 Å². The summed E-state index contributed by atoms with van der Waals surface area (Å²) >= 11 is 1.11. The Morgan fingerprint density at radius 1 is 1.29 bits per heavy atom. The molecule has 0 amide bonds. The van der Waals surface area contributed by atoms with Gasteiger partial charge in [-0.25, -0.2) is 23.7 Å². The van der Waals surface area contributed by atoms with Crippen LogP contribution in [0.5, 0.6) is 0 Å². The number of nitrogens with one attached hydrogen (secondary N) is 2. The molecule has 1 fully saturated rings. The first-order chi connectivity index (χ1) is 13.5. The van der Waals surface area contributed by atoms with Crippen molar-refractivity contribution in [1.82, 2.24) is 19.9 Å². The number of benzene rings is 1. The van der Waals surface area contributed by atoms with Crippen LogP contribution in [0, 0.1) is 11.6 Å². The van der Waals surface area contributed by atoms with Crippen LogP contribution in [0.2, 0.25) is 0 Å². The summed E-state index contributed by atoms with van der Waals surface area (Å²) in [4.78, 5) is 27.0. The maximum atomic E-state index is 13.9. The number of thioether (sulfide) groups is 1. The van der Waals surface area contributed by atoms with Gasteiger partial charge in [0.25, 0.3) is 5.56 Å². The van der Waals surface area contributed by atoms with Crippen LogP contribution in [-0.4, -0.2) is 37.2 Å². The number of anilines is 1. The molecule has 2 heterocycles. The molecule has 0 spiro atoms. The summed E-state index contributed by atoms with van der Waals surface area (Å²) in [6.45, 7) is 0. The molecule has 1 saturated carbocycles. The summed E-state index contributed by atoms with van der Waals surface area (Å²) < 4.78 is 27.3. The molecule has 7 nitrogen and oxygen atoms in total. The van der Waals surface area contributed by atoms with Gasteiger partial charge in [0.2, 0.25) is 0 Å². The minimum Gasteiger partial charge on any atom is -0.391 e. The molecule has 2 aromatic heterocycles. The lowest BCUT2D eigenvalue weighted by atomic mass is 10.2. The molecule has 10 heteroatoms. The summed E-state index contributed by atoms with van der Waals surface area (Å²) in [6, 6.07) is 3.81. The summed E-state index contributed by atoms with van der Waals surface area (Å²) in [5.74, 6) is -1.32. The number of hydrogen-bond acceptors (Lipinski definition) is 7. The molecule has 0 unspecified atom stereocenters. The Kier molecular flexibility index (Phi) is 5.23. The highest BCUT2D eigenvalue weighted by atomic mass is 32.2. The van der Waals surface area contributed by atoms with Gasteiger partial charge in [0, 0.05) is 11.3 Å². The zero-order valence-corrected chi connectivity index (χ0v) is 15.5. The molecule has 0 bridgehead atoms. The lowest BCUT2D eigenvalue weighted by Crippen LogP contribution is -2.28. The Bertz CT molecular complexity index is 1080. The normalized spacial score (nSPS) is 19.2. The van der Waals surface area contributed by atoms with Gasteiger partial charge in [0.1, 0.15) is 5.52 Å². The van der Waals surface area contributed by atoms with Crippen LogP contribution >= 0.6 is 11.8 Å². The van der Waals surface area contributed by atoms with E-state index in [1.807, 2.05) is 0 Å². The van der Waals surface area contributed by atoms with Crippen LogP contribution in [-0.2, 0) is 5.75 Å². The quantitative estimate of drug-likeness (QED) is 0.443. The fourth-order valence-corrected chi connectivity index (χ4v) is 3.99. The van der Waals surface area contributed by atoms with E-state index in [1.165, 1.54) is 12.1 Å². The minimum absolute atomic E-state index is 0.116. The molecule has 3 aromatic rings. The zero-order chi connectivity index (χ0) is 19.7. The van der Waals surface area contributed by atoms with Crippen molar-refractivity contribution in [3.05, 3.63) is 51.9 Å². The highest BCUT2D eigenvalue weighted by molar-refractivity contribution is 7.98. The van der Waals surface area contributed by atoms with E-state index in [0.29, 0.717) is 17.8 Å². The number of rotatable bonds is 5. The predicted molar refractivity (Wildman–Crippen MR) is 101 cm³/mol. The van der Waals surface area contributed by atoms with E-state index in [2.05, 4.69) is 25.3 Å². The summed E-state index contributed by atoms with van der Waals surface area (Å²) in [7, 11) is 0. The monoisotopic (exact) mass is 405 g/mol. The van der Waals surface area contributed by atoms with Crippen LogP contribution in [0.3, 0.4) is 0 Å². The second-order valence-electron chi connectivity index (χ2n) is 6.55. The van der Waals surface area contributed by atoms with Crippen molar-refractivity contribution in [2.45, 2.75) is 42.3 Å². The van der Waals surface area contributed by atoms with Crippen molar-refractivity contribution in [3.8, 4) is 0 Å². The van der Waals surface area contributed by atoms with Gasteiger partial charge >= 0.3 is 0 Å². The average molecular weight is 405 g/mol. The van der Waals surface area contributed by atoms with Crippen LogP contribution in [0.4, 0.5) is 14.6 Å². The van der Waals surface area contributed by atoms with Crippen molar-refractivity contribution in [2.75, 3.05) is 5.32 Å². The number of H-pyrrole nitrogens is 1. The molecular formula is C18H17F2N5O2S. The first-order valence-corrected chi connectivity index (χ1v) is 9.77. The van der Waals surface area contributed by atoms with Crippen molar-refractivity contribution >= 4 is 28.7 Å². The van der Waals surface area contributed by atoms with Crippen LogP contribution in [0.25, 0.3) is 11.2 Å². The molecule has 4 rings (SSSR count).